The van der Waals surface area contributed by atoms with Gasteiger partial charge in [0.2, 0.25) is 6.29 Å². The molecule has 6 nitrogen and oxygen atoms in total. The van der Waals surface area contributed by atoms with Gasteiger partial charge in [0, 0.05) is 20.1 Å². The van der Waals surface area contributed by atoms with E-state index in [1.54, 1.807) is 14.2 Å². The number of hydrogen-bond donors (Lipinski definition) is 1. The van der Waals surface area contributed by atoms with Crippen LogP contribution in [0, 0.1) is 23.2 Å². The van der Waals surface area contributed by atoms with Gasteiger partial charge in [-0.1, -0.05) is 6.92 Å². The van der Waals surface area contributed by atoms with Gasteiger partial charge in [0.15, 0.2) is 0 Å². The van der Waals surface area contributed by atoms with Gasteiger partial charge in [-0.2, -0.15) is 0 Å². The van der Waals surface area contributed by atoms with Gasteiger partial charge in [0.05, 0.1) is 18.8 Å². The number of rotatable bonds is 6. The maximum atomic E-state index is 12.5. The van der Waals surface area contributed by atoms with Gasteiger partial charge in [-0.3, -0.25) is 4.79 Å². The molecular weight excluding hydrogens is 322 g/mol. The van der Waals surface area contributed by atoms with E-state index in [-0.39, 0.29) is 35.3 Å². The second-order valence-electron chi connectivity index (χ2n) is 8.76. The molecule has 0 amide bonds. The number of epoxide rings is 1. The fourth-order valence-electron chi connectivity index (χ4n) is 5.93. The fraction of sp³-hybridized carbons (Fsp3) is 0.947. The number of quaternary nitrogens is 1. The second-order valence-corrected chi connectivity index (χ2v) is 8.76. The Morgan fingerprint density at radius 1 is 1.32 bits per heavy atom. The van der Waals surface area contributed by atoms with Crippen molar-refractivity contribution in [3.63, 3.8) is 0 Å². The van der Waals surface area contributed by atoms with Gasteiger partial charge < -0.3 is 24.3 Å². The number of hydrogen-bond acceptors (Lipinski definition) is 5. The van der Waals surface area contributed by atoms with Crippen LogP contribution in [0.25, 0.3) is 0 Å². The summed E-state index contributed by atoms with van der Waals surface area (Å²) in [5, 5.41) is 2.13. The minimum atomic E-state index is -0.232. The van der Waals surface area contributed by atoms with Crippen LogP contribution >= 0.6 is 0 Å². The number of fused-ring (bicyclic) bond motifs is 3. The number of esters is 1. The lowest BCUT2D eigenvalue weighted by Crippen LogP contribution is -2.88. The Hall–Kier alpha value is -0.690. The maximum absolute atomic E-state index is 12.5. The van der Waals surface area contributed by atoms with Crippen LogP contribution in [0.3, 0.4) is 0 Å². The summed E-state index contributed by atoms with van der Waals surface area (Å²) >= 11 is 0. The second kappa shape index (κ2) is 6.48. The monoisotopic (exact) mass is 354 g/mol. The van der Waals surface area contributed by atoms with Crippen LogP contribution in [0.2, 0.25) is 0 Å². The van der Waals surface area contributed by atoms with Crippen molar-refractivity contribution < 1.29 is 29.1 Å². The van der Waals surface area contributed by atoms with E-state index in [1.807, 2.05) is 0 Å². The average molecular weight is 354 g/mol. The Morgan fingerprint density at radius 2 is 2.08 bits per heavy atom. The van der Waals surface area contributed by atoms with E-state index in [2.05, 4.69) is 12.2 Å². The molecule has 2 aliphatic carbocycles. The van der Waals surface area contributed by atoms with Gasteiger partial charge in [-0.25, -0.2) is 0 Å². The summed E-state index contributed by atoms with van der Waals surface area (Å²) in [5.74, 6) is 0.898. The summed E-state index contributed by atoms with van der Waals surface area (Å²) in [6.45, 7) is 4.76. The average Bonchev–Trinajstić information content (AvgIpc) is 3.28. The molecule has 6 atom stereocenters. The molecule has 2 heterocycles. The topological polar surface area (TPSA) is 73.9 Å². The number of nitrogens with two attached hydrogens (primary N) is 1. The minimum absolute atomic E-state index is 0.00866. The SMILES string of the molecule is COC(C[NH2+]C[C@H]1C(=O)O[C@@H]2C[C@@]3(C)CCC[C@@]4(CO4)[C@H]3C[C@@H]21)OC. The molecule has 0 unspecified atom stereocenters. The molecule has 0 aromatic rings. The Morgan fingerprint density at radius 3 is 2.76 bits per heavy atom. The van der Waals surface area contributed by atoms with Crippen molar-refractivity contribution in [1.82, 2.24) is 0 Å². The fourth-order valence-corrected chi connectivity index (χ4v) is 5.93. The third kappa shape index (κ3) is 3.01. The van der Waals surface area contributed by atoms with E-state index in [0.717, 1.165) is 26.0 Å². The Labute approximate surface area is 149 Å². The summed E-state index contributed by atoms with van der Waals surface area (Å²) in [6, 6.07) is 0. The molecule has 6 heteroatoms. The lowest BCUT2D eigenvalue weighted by molar-refractivity contribution is -0.671. The van der Waals surface area contributed by atoms with Gasteiger partial charge in [-0.15, -0.1) is 0 Å². The van der Waals surface area contributed by atoms with Crippen molar-refractivity contribution in [1.29, 1.82) is 0 Å². The van der Waals surface area contributed by atoms with Crippen LogP contribution in [-0.2, 0) is 23.7 Å². The Kier molecular flexibility index (Phi) is 4.59. The third-order valence-corrected chi connectivity index (χ3v) is 7.38. The molecule has 2 aliphatic heterocycles. The van der Waals surface area contributed by atoms with E-state index < -0.39 is 0 Å². The number of carbonyl (C=O) groups is 1. The molecule has 142 valence electrons. The quantitative estimate of drug-likeness (QED) is 0.432. The predicted octanol–water partition coefficient (Wildman–Crippen LogP) is 0.696. The van der Waals surface area contributed by atoms with Crippen LogP contribution in [0.1, 0.15) is 39.0 Å². The number of carbonyl (C=O) groups excluding carboxylic acids is 1. The van der Waals surface area contributed by atoms with Gasteiger partial charge in [0.25, 0.3) is 0 Å². The smallest absolute Gasteiger partial charge is 0.315 e. The van der Waals surface area contributed by atoms with Crippen molar-refractivity contribution >= 4 is 5.97 Å². The third-order valence-electron chi connectivity index (χ3n) is 7.38. The zero-order valence-corrected chi connectivity index (χ0v) is 15.7. The first kappa shape index (κ1) is 17.7. The van der Waals surface area contributed by atoms with Crippen molar-refractivity contribution in [2.75, 3.05) is 33.9 Å². The van der Waals surface area contributed by atoms with Crippen molar-refractivity contribution in [2.24, 2.45) is 23.2 Å². The van der Waals surface area contributed by atoms with E-state index >= 15 is 0 Å². The molecule has 25 heavy (non-hydrogen) atoms. The van der Waals surface area contributed by atoms with Gasteiger partial charge in [0.1, 0.15) is 18.6 Å². The first-order valence-corrected chi connectivity index (χ1v) is 9.73. The summed E-state index contributed by atoms with van der Waals surface area (Å²) in [4.78, 5) is 12.5. The zero-order valence-electron chi connectivity index (χ0n) is 15.7. The Balaban J connectivity index is 1.43. The lowest BCUT2D eigenvalue weighted by atomic mass is 9.53. The summed E-state index contributed by atoms with van der Waals surface area (Å²) < 4.78 is 22.2. The van der Waals surface area contributed by atoms with E-state index in [0.29, 0.717) is 18.4 Å². The first-order chi connectivity index (χ1) is 12.0. The molecule has 0 aromatic carbocycles. The maximum Gasteiger partial charge on any atom is 0.315 e. The highest BCUT2D eigenvalue weighted by Gasteiger charge is 2.65. The van der Waals surface area contributed by atoms with Crippen molar-refractivity contribution in [3.8, 4) is 0 Å². The van der Waals surface area contributed by atoms with Crippen LogP contribution in [0.15, 0.2) is 0 Å². The largest absolute Gasteiger partial charge is 0.462 e. The molecular formula is C19H32NO5+. The van der Waals surface area contributed by atoms with Crippen LogP contribution in [-0.4, -0.2) is 57.9 Å². The molecule has 4 rings (SSSR count). The molecule has 4 fully saturated rings. The van der Waals surface area contributed by atoms with Crippen molar-refractivity contribution in [3.05, 3.63) is 0 Å². The zero-order chi connectivity index (χ0) is 17.7. The summed E-state index contributed by atoms with van der Waals surface area (Å²) in [5.41, 5.74) is 0.390. The highest BCUT2D eigenvalue weighted by atomic mass is 16.7. The van der Waals surface area contributed by atoms with E-state index in [9.17, 15) is 4.79 Å². The molecule has 0 aromatic heterocycles. The molecule has 0 radical (unpaired) electrons. The first-order valence-electron chi connectivity index (χ1n) is 9.73. The lowest BCUT2D eigenvalue weighted by Gasteiger charge is -2.51. The standard InChI is InChI=1S/C19H31NO5/c1-18-5-4-6-19(11-24-19)15(18)7-12-13(17(21)25-14(12)8-18)9-20-10-16(22-2)23-3/h12-16,20H,4-11H2,1-3H3/p+1/t12-,13-,14-,15+,18-,19-/m1/s1. The molecule has 2 N–H and O–H groups in total. The number of ether oxygens (including phenoxy) is 4. The molecule has 0 bridgehead atoms. The molecule has 1 spiro atoms. The van der Waals surface area contributed by atoms with Gasteiger partial charge >= 0.3 is 5.97 Å². The minimum Gasteiger partial charge on any atom is -0.462 e. The highest BCUT2D eigenvalue weighted by molar-refractivity contribution is 5.75. The molecule has 2 saturated heterocycles. The normalized spacial score (nSPS) is 45.4. The summed E-state index contributed by atoms with van der Waals surface area (Å²) in [6.07, 6.45) is 5.62. The summed E-state index contributed by atoms with van der Waals surface area (Å²) in [7, 11) is 3.28. The van der Waals surface area contributed by atoms with E-state index in [4.69, 9.17) is 18.9 Å². The molecule has 4 aliphatic rings. The Bertz CT molecular complexity index is 518. The molecule has 2 saturated carbocycles. The highest BCUT2D eigenvalue weighted by Crippen LogP contribution is 2.62. The predicted molar refractivity (Wildman–Crippen MR) is 89.7 cm³/mol. The van der Waals surface area contributed by atoms with Crippen LogP contribution in [0.5, 0.6) is 0 Å². The van der Waals surface area contributed by atoms with Gasteiger partial charge in [-0.05, 0) is 43.4 Å². The van der Waals surface area contributed by atoms with Crippen LogP contribution in [0.4, 0.5) is 0 Å². The van der Waals surface area contributed by atoms with Crippen LogP contribution < -0.4 is 5.32 Å². The number of methoxy groups -OCH3 is 2. The van der Waals surface area contributed by atoms with E-state index in [1.165, 1.54) is 19.3 Å². The van der Waals surface area contributed by atoms with Crippen molar-refractivity contribution in [2.45, 2.75) is 57.0 Å².